The van der Waals surface area contributed by atoms with Gasteiger partial charge in [0.1, 0.15) is 36.1 Å². The van der Waals surface area contributed by atoms with Crippen LogP contribution in [0.4, 0.5) is 5.13 Å². The predicted octanol–water partition coefficient (Wildman–Crippen LogP) is -0.550. The number of carboxylic acids is 1. The number of aromatic nitrogens is 4. The summed E-state index contributed by atoms with van der Waals surface area (Å²) in [6.07, 6.45) is 3.40. The molecule has 2 aliphatic rings. The average molecular weight is 516 g/mol. The summed E-state index contributed by atoms with van der Waals surface area (Å²) in [6, 6.07) is 4.64. The number of β-lactam (4-membered cyclic amide) rings is 1. The molecule has 2 amide bonds. The molecule has 0 aromatic carbocycles. The summed E-state index contributed by atoms with van der Waals surface area (Å²) in [5, 5.41) is 21.8. The number of nitrogens with two attached hydrogens (primary N) is 1. The number of carbonyl (C=O) groups is 3. The second-order valence-electron chi connectivity index (χ2n) is 7.57. The van der Waals surface area contributed by atoms with Crippen molar-refractivity contribution in [3.63, 3.8) is 0 Å². The Kier molecular flexibility index (Phi) is 5.86. The number of anilines is 1. The Morgan fingerprint density at radius 1 is 1.43 bits per heavy atom. The number of hydrogen-bond acceptors (Lipinski definition) is 10. The Balaban J connectivity index is 1.37. The molecule has 2 aliphatic heterocycles. The lowest BCUT2D eigenvalue weighted by Gasteiger charge is -2.49. The first kappa shape index (κ1) is 22.8. The normalized spacial score (nSPS) is 20.0. The number of rotatable bonds is 7. The Morgan fingerprint density at radius 3 is 2.97 bits per heavy atom. The number of nitrogens with zero attached hydrogens (tertiary/aromatic N) is 6. The van der Waals surface area contributed by atoms with Gasteiger partial charge in [-0.1, -0.05) is 15.7 Å². The molecule has 180 valence electrons. The van der Waals surface area contributed by atoms with Crippen LogP contribution in [-0.2, 0) is 25.8 Å². The number of hydrogen-bond donors (Lipinski definition) is 3. The lowest BCUT2D eigenvalue weighted by atomic mass is 10.0. The van der Waals surface area contributed by atoms with Crippen LogP contribution in [0.3, 0.4) is 0 Å². The first-order valence-corrected chi connectivity index (χ1v) is 12.2. The molecule has 1 fully saturated rings. The quantitative estimate of drug-likeness (QED) is 0.162. The van der Waals surface area contributed by atoms with Gasteiger partial charge in [-0.2, -0.15) is 0 Å². The third kappa shape index (κ3) is 3.97. The molecule has 0 bridgehead atoms. The van der Waals surface area contributed by atoms with Crippen LogP contribution >= 0.6 is 23.1 Å². The van der Waals surface area contributed by atoms with Crippen LogP contribution < -0.4 is 15.6 Å². The van der Waals surface area contributed by atoms with Crippen molar-refractivity contribution in [1.29, 1.82) is 0 Å². The number of nitrogen functional groups attached to an aromatic ring is 1. The van der Waals surface area contributed by atoms with E-state index in [9.17, 15) is 19.5 Å². The van der Waals surface area contributed by atoms with E-state index in [0.29, 0.717) is 11.3 Å². The summed E-state index contributed by atoms with van der Waals surface area (Å²) in [5.41, 5.74) is 7.00. The fourth-order valence-corrected chi connectivity index (χ4v) is 5.84. The van der Waals surface area contributed by atoms with Crippen LogP contribution in [-0.4, -0.2) is 72.4 Å². The maximum absolute atomic E-state index is 13.0. The van der Waals surface area contributed by atoms with E-state index in [1.165, 1.54) is 23.8 Å². The molecule has 0 spiro atoms. The molecule has 3 aromatic heterocycles. The molecule has 2 atom stereocenters. The highest BCUT2D eigenvalue weighted by atomic mass is 32.2. The highest BCUT2D eigenvalue weighted by Crippen LogP contribution is 2.40. The van der Waals surface area contributed by atoms with Crippen molar-refractivity contribution in [2.75, 3.05) is 18.6 Å². The van der Waals surface area contributed by atoms with Gasteiger partial charge in [0.2, 0.25) is 0 Å². The Morgan fingerprint density at radius 2 is 2.26 bits per heavy atom. The molecule has 4 N–H and O–H groups in total. The molecule has 15 heteroatoms. The van der Waals surface area contributed by atoms with Crippen molar-refractivity contribution in [2.45, 2.75) is 18.0 Å². The number of amides is 2. The molecule has 13 nitrogen and oxygen atoms in total. The maximum Gasteiger partial charge on any atom is 0.352 e. The Bertz CT molecular complexity index is 1410. The van der Waals surface area contributed by atoms with Crippen LogP contribution in [0.5, 0.6) is 0 Å². The number of oxime groups is 1. The number of carbonyl (C=O) groups excluding carboxylic acids is 2. The molecule has 0 aliphatic carbocycles. The van der Waals surface area contributed by atoms with Crippen molar-refractivity contribution >= 4 is 57.4 Å². The monoisotopic (exact) mass is 515 g/mol. The number of fused-ring (bicyclic) bond motifs is 2. The smallest absolute Gasteiger partial charge is 0.352 e. The van der Waals surface area contributed by atoms with E-state index < -0.39 is 29.2 Å². The van der Waals surface area contributed by atoms with Crippen LogP contribution in [0, 0.1) is 0 Å². The summed E-state index contributed by atoms with van der Waals surface area (Å²) < 4.78 is 3.49. The summed E-state index contributed by atoms with van der Waals surface area (Å²) >= 11 is 2.50. The van der Waals surface area contributed by atoms with Gasteiger partial charge in [-0.05, 0) is 6.07 Å². The lowest BCUT2D eigenvalue weighted by Crippen LogP contribution is -2.71. The molecule has 3 aromatic rings. The highest BCUT2D eigenvalue weighted by molar-refractivity contribution is 8.00. The standard InChI is InChI=1S/C20H18N8O5S2/c1-33-25-13(11-8-35-20(21)23-11)16(29)24-14-17(30)28-15(19(31)32)10(7-34-18(14)28)6-26-9-22-27-5-3-2-4-12(26)27/h2-5,8-9,14,18H,6-7H2,1H3,(H3-,21,23,24,29,31,32)/p+1/b25-13-/t14-,18+/m1/s1. The minimum Gasteiger partial charge on any atom is -0.477 e. The molecular formula is C20H19N8O5S2+. The van der Waals surface area contributed by atoms with E-state index >= 15 is 0 Å². The van der Waals surface area contributed by atoms with Gasteiger partial charge in [-0.3, -0.25) is 14.5 Å². The van der Waals surface area contributed by atoms with Gasteiger partial charge in [0.15, 0.2) is 10.8 Å². The van der Waals surface area contributed by atoms with E-state index in [2.05, 4.69) is 20.6 Å². The molecule has 1 saturated heterocycles. The summed E-state index contributed by atoms with van der Waals surface area (Å²) in [4.78, 5) is 48.0. The minimum absolute atomic E-state index is 0.0786. The van der Waals surface area contributed by atoms with Gasteiger partial charge in [-0.25, -0.2) is 14.3 Å². The summed E-state index contributed by atoms with van der Waals surface area (Å²) in [5.74, 6) is -2.05. The van der Waals surface area contributed by atoms with Crippen molar-refractivity contribution in [1.82, 2.24) is 24.8 Å². The van der Waals surface area contributed by atoms with E-state index in [-0.39, 0.29) is 28.8 Å². The van der Waals surface area contributed by atoms with Crippen LogP contribution in [0.1, 0.15) is 5.69 Å². The van der Waals surface area contributed by atoms with E-state index in [1.807, 2.05) is 22.8 Å². The van der Waals surface area contributed by atoms with Crippen LogP contribution in [0.15, 0.2) is 52.5 Å². The second kappa shape index (κ2) is 8.99. The number of thioether (sulfide) groups is 1. The molecular weight excluding hydrogens is 496 g/mol. The summed E-state index contributed by atoms with van der Waals surface area (Å²) in [7, 11) is 1.28. The number of nitrogens with one attached hydrogen (secondary N) is 1. The first-order chi connectivity index (χ1) is 16.9. The third-order valence-corrected chi connectivity index (χ3v) is 7.50. The van der Waals surface area contributed by atoms with Crippen molar-refractivity contribution in [3.8, 4) is 0 Å². The minimum atomic E-state index is -1.21. The van der Waals surface area contributed by atoms with Gasteiger partial charge in [0.25, 0.3) is 23.8 Å². The zero-order valence-corrected chi connectivity index (χ0v) is 19.8. The van der Waals surface area contributed by atoms with Gasteiger partial charge in [0, 0.05) is 27.9 Å². The number of carboxylic acid groups (broad SMARTS) is 1. The SMILES string of the molecule is CO/N=C(\C(=O)N[C@@H]1C(=O)N2C(C(=O)O)=C(C[n+]3cnn4ccccc43)CS[C@@H]12)c1csc(N)n1. The zero-order valence-electron chi connectivity index (χ0n) is 18.2. The Hall–Kier alpha value is -3.98. The first-order valence-electron chi connectivity index (χ1n) is 10.2. The van der Waals surface area contributed by atoms with Gasteiger partial charge < -0.3 is 21.0 Å². The lowest BCUT2D eigenvalue weighted by molar-refractivity contribution is -0.664. The number of thiazole rings is 1. The van der Waals surface area contributed by atoms with Crippen molar-refractivity contribution in [3.05, 3.63) is 53.1 Å². The molecule has 5 heterocycles. The fraction of sp³-hybridized carbons (Fsp3) is 0.250. The average Bonchev–Trinajstić information content (AvgIpc) is 3.46. The van der Waals surface area contributed by atoms with Gasteiger partial charge in [0.05, 0.1) is 6.54 Å². The molecule has 0 unspecified atom stereocenters. The number of pyridine rings is 1. The van der Waals surface area contributed by atoms with E-state index in [1.54, 1.807) is 22.4 Å². The largest absolute Gasteiger partial charge is 0.477 e. The van der Waals surface area contributed by atoms with Crippen molar-refractivity contribution in [2.24, 2.45) is 5.16 Å². The van der Waals surface area contributed by atoms with E-state index in [0.717, 1.165) is 17.0 Å². The van der Waals surface area contributed by atoms with Gasteiger partial charge in [-0.15, -0.1) is 23.1 Å². The number of aliphatic carboxylic acids is 1. The van der Waals surface area contributed by atoms with Crippen LogP contribution in [0.2, 0.25) is 0 Å². The zero-order chi connectivity index (χ0) is 24.7. The van der Waals surface area contributed by atoms with Gasteiger partial charge >= 0.3 is 5.97 Å². The molecule has 0 saturated carbocycles. The topological polar surface area (TPSA) is 168 Å². The van der Waals surface area contributed by atoms with E-state index in [4.69, 9.17) is 10.6 Å². The predicted molar refractivity (Wildman–Crippen MR) is 125 cm³/mol. The van der Waals surface area contributed by atoms with Crippen LogP contribution in [0.25, 0.3) is 5.65 Å². The van der Waals surface area contributed by atoms with Crippen molar-refractivity contribution < 1.29 is 28.9 Å². The molecule has 5 rings (SSSR count). The maximum atomic E-state index is 13.0. The third-order valence-electron chi connectivity index (χ3n) is 5.49. The molecule has 35 heavy (non-hydrogen) atoms. The molecule has 0 radical (unpaired) electrons. The summed E-state index contributed by atoms with van der Waals surface area (Å²) in [6.45, 7) is 0.256. The fourth-order valence-electron chi connectivity index (χ4n) is 3.96. The Labute approximate surface area is 205 Å². The highest BCUT2D eigenvalue weighted by Gasteiger charge is 2.54. The second-order valence-corrected chi connectivity index (χ2v) is 9.57.